The lowest BCUT2D eigenvalue weighted by atomic mass is 9.93. The Morgan fingerprint density at radius 3 is 2.77 bits per heavy atom. The zero-order valence-electron chi connectivity index (χ0n) is 7.19. The van der Waals surface area contributed by atoms with Gasteiger partial charge in [-0.1, -0.05) is 0 Å². The molecule has 1 saturated heterocycles. The second kappa shape index (κ2) is 2.72. The zero-order valence-corrected chi connectivity index (χ0v) is 8.01. The van der Waals surface area contributed by atoms with Crippen molar-refractivity contribution in [1.29, 1.82) is 0 Å². The molecule has 0 radical (unpaired) electrons. The summed E-state index contributed by atoms with van der Waals surface area (Å²) in [5.41, 5.74) is -0.413. The summed E-state index contributed by atoms with van der Waals surface area (Å²) in [5.74, 6) is -0.0595. The van der Waals surface area contributed by atoms with Gasteiger partial charge >= 0.3 is 0 Å². The highest BCUT2D eigenvalue weighted by Crippen LogP contribution is 2.34. The molecular weight excluding hydrogens is 192 g/mol. The van der Waals surface area contributed by atoms with E-state index in [2.05, 4.69) is 0 Å². The Morgan fingerprint density at radius 1 is 1.54 bits per heavy atom. The second-order valence-corrected chi connectivity index (χ2v) is 5.82. The van der Waals surface area contributed by atoms with Crippen molar-refractivity contribution in [3.05, 3.63) is 11.8 Å². The van der Waals surface area contributed by atoms with Crippen LogP contribution >= 0.6 is 0 Å². The van der Waals surface area contributed by atoms with E-state index < -0.39 is 15.4 Å². The first-order chi connectivity index (χ1) is 6.02. The molecule has 0 aromatic heterocycles. The van der Waals surface area contributed by atoms with Crippen LogP contribution in [-0.4, -0.2) is 37.2 Å². The number of hydrogen-bond donors (Lipinski definition) is 1. The van der Waals surface area contributed by atoms with E-state index in [1.807, 2.05) is 0 Å². The van der Waals surface area contributed by atoms with Gasteiger partial charge < -0.3 is 9.84 Å². The first-order valence-corrected chi connectivity index (χ1v) is 6.08. The lowest BCUT2D eigenvalue weighted by Crippen LogP contribution is -2.31. The van der Waals surface area contributed by atoms with Gasteiger partial charge in [0.2, 0.25) is 0 Å². The van der Waals surface area contributed by atoms with Crippen LogP contribution in [0.2, 0.25) is 0 Å². The maximum atomic E-state index is 11.2. The van der Waals surface area contributed by atoms with Crippen LogP contribution in [0.5, 0.6) is 0 Å². The minimum Gasteiger partial charge on any atom is -0.501 e. The van der Waals surface area contributed by atoms with Gasteiger partial charge in [0, 0.05) is 12.0 Å². The Bertz CT molecular complexity index is 343. The van der Waals surface area contributed by atoms with E-state index in [1.54, 1.807) is 0 Å². The third-order valence-corrected chi connectivity index (χ3v) is 4.34. The highest BCUT2D eigenvalue weighted by molar-refractivity contribution is 7.91. The Kier molecular flexibility index (Phi) is 1.89. The van der Waals surface area contributed by atoms with Crippen LogP contribution in [0.25, 0.3) is 0 Å². The van der Waals surface area contributed by atoms with Gasteiger partial charge in [0.05, 0.1) is 24.4 Å². The molecule has 1 atom stereocenters. The average Bonchev–Trinajstić information content (AvgIpc) is 2.58. The molecule has 0 bridgehead atoms. The van der Waals surface area contributed by atoms with E-state index in [0.717, 1.165) is 5.57 Å². The van der Waals surface area contributed by atoms with Crippen molar-refractivity contribution in [2.75, 3.05) is 18.1 Å². The largest absolute Gasteiger partial charge is 0.501 e. The van der Waals surface area contributed by atoms with Crippen LogP contribution in [-0.2, 0) is 14.6 Å². The van der Waals surface area contributed by atoms with Crippen LogP contribution in [0.1, 0.15) is 12.8 Å². The van der Waals surface area contributed by atoms with Crippen molar-refractivity contribution in [2.24, 2.45) is 0 Å². The van der Waals surface area contributed by atoms with Gasteiger partial charge in [-0.05, 0) is 6.42 Å². The Morgan fingerprint density at radius 2 is 2.31 bits per heavy atom. The van der Waals surface area contributed by atoms with Crippen molar-refractivity contribution in [2.45, 2.75) is 18.4 Å². The first kappa shape index (κ1) is 9.02. The molecule has 0 saturated carbocycles. The molecule has 5 heteroatoms. The van der Waals surface area contributed by atoms with Gasteiger partial charge in [-0.3, -0.25) is 0 Å². The Balaban J connectivity index is 2.23. The summed E-state index contributed by atoms with van der Waals surface area (Å²) in [6, 6.07) is 0. The van der Waals surface area contributed by atoms with E-state index in [4.69, 9.17) is 4.74 Å². The summed E-state index contributed by atoms with van der Waals surface area (Å²) < 4.78 is 27.3. The maximum absolute atomic E-state index is 11.2. The third-order valence-electron chi connectivity index (χ3n) is 2.60. The molecule has 1 unspecified atom stereocenters. The van der Waals surface area contributed by atoms with E-state index in [9.17, 15) is 13.5 Å². The predicted molar refractivity (Wildman–Crippen MR) is 46.9 cm³/mol. The van der Waals surface area contributed by atoms with Gasteiger partial charge in [-0.15, -0.1) is 0 Å². The molecule has 0 aliphatic carbocycles. The fourth-order valence-corrected chi connectivity index (χ4v) is 3.67. The lowest BCUT2D eigenvalue weighted by molar-refractivity contribution is 0.104. The monoisotopic (exact) mass is 204 g/mol. The van der Waals surface area contributed by atoms with Gasteiger partial charge in [0.15, 0.2) is 9.84 Å². The van der Waals surface area contributed by atoms with Crippen LogP contribution in [0, 0.1) is 0 Å². The minimum atomic E-state index is -3.04. The standard InChI is InChI=1S/C8H12O4S/c9-8(7-1-3-12-5-7)2-4-13(10,11)6-8/h5,9H,1-4,6H2. The maximum Gasteiger partial charge on any atom is 0.153 e. The quantitative estimate of drug-likeness (QED) is 0.644. The van der Waals surface area contributed by atoms with Crippen molar-refractivity contribution >= 4 is 9.84 Å². The van der Waals surface area contributed by atoms with E-state index in [0.29, 0.717) is 19.4 Å². The smallest absolute Gasteiger partial charge is 0.153 e. The minimum absolute atomic E-state index is 0.0842. The number of rotatable bonds is 1. The summed E-state index contributed by atoms with van der Waals surface area (Å²) in [7, 11) is -3.04. The summed E-state index contributed by atoms with van der Waals surface area (Å²) in [4.78, 5) is 0. The van der Waals surface area contributed by atoms with E-state index in [1.165, 1.54) is 6.26 Å². The molecule has 1 fully saturated rings. The van der Waals surface area contributed by atoms with E-state index in [-0.39, 0.29) is 11.5 Å². The number of aliphatic hydroxyl groups is 1. The number of ether oxygens (including phenoxy) is 1. The van der Waals surface area contributed by atoms with E-state index >= 15 is 0 Å². The van der Waals surface area contributed by atoms with Gasteiger partial charge in [0.25, 0.3) is 0 Å². The van der Waals surface area contributed by atoms with Crippen LogP contribution in [0.3, 0.4) is 0 Å². The molecule has 0 aromatic carbocycles. The van der Waals surface area contributed by atoms with Crippen LogP contribution < -0.4 is 0 Å². The van der Waals surface area contributed by atoms with Crippen molar-refractivity contribution in [1.82, 2.24) is 0 Å². The lowest BCUT2D eigenvalue weighted by Gasteiger charge is -2.20. The molecule has 0 spiro atoms. The highest BCUT2D eigenvalue weighted by Gasteiger charge is 2.44. The first-order valence-electron chi connectivity index (χ1n) is 4.26. The summed E-state index contributed by atoms with van der Waals surface area (Å²) in [6.45, 7) is 0.553. The van der Waals surface area contributed by atoms with Crippen molar-refractivity contribution in [3.8, 4) is 0 Å². The fourth-order valence-electron chi connectivity index (χ4n) is 1.82. The van der Waals surface area contributed by atoms with Crippen LogP contribution in [0.15, 0.2) is 11.8 Å². The third kappa shape index (κ3) is 1.58. The molecule has 0 aromatic rings. The van der Waals surface area contributed by atoms with Crippen molar-refractivity contribution in [3.63, 3.8) is 0 Å². The van der Waals surface area contributed by atoms with Crippen LogP contribution in [0.4, 0.5) is 0 Å². The molecular formula is C8H12O4S. The number of hydrogen-bond acceptors (Lipinski definition) is 4. The number of sulfone groups is 1. The summed E-state index contributed by atoms with van der Waals surface area (Å²) in [5, 5.41) is 10.00. The molecule has 1 N–H and O–H groups in total. The predicted octanol–water partition coefficient (Wildman–Crippen LogP) is -0.160. The molecule has 2 aliphatic rings. The molecule has 2 heterocycles. The Hall–Kier alpha value is -0.550. The van der Waals surface area contributed by atoms with Gasteiger partial charge in [0.1, 0.15) is 5.60 Å². The Labute approximate surface area is 77.1 Å². The second-order valence-electron chi connectivity index (χ2n) is 3.64. The zero-order chi connectivity index (χ0) is 9.53. The summed E-state index contributed by atoms with van der Waals surface area (Å²) >= 11 is 0. The fraction of sp³-hybridized carbons (Fsp3) is 0.750. The van der Waals surface area contributed by atoms with Gasteiger partial charge in [-0.2, -0.15) is 0 Å². The molecule has 2 aliphatic heterocycles. The molecule has 2 rings (SSSR count). The SMILES string of the molecule is O=S1(=O)CCC(O)(C2=COCC2)C1. The van der Waals surface area contributed by atoms with Gasteiger partial charge in [-0.25, -0.2) is 8.42 Å². The average molecular weight is 204 g/mol. The topological polar surface area (TPSA) is 63.6 Å². The normalized spacial score (nSPS) is 37.2. The molecule has 74 valence electrons. The summed E-state index contributed by atoms with van der Waals surface area (Å²) in [6.07, 6.45) is 2.46. The molecule has 4 nitrogen and oxygen atoms in total. The van der Waals surface area contributed by atoms with Crippen molar-refractivity contribution < 1.29 is 18.3 Å². The molecule has 0 amide bonds. The highest BCUT2D eigenvalue weighted by atomic mass is 32.2. The molecule has 13 heavy (non-hydrogen) atoms.